The van der Waals surface area contributed by atoms with E-state index >= 15 is 0 Å². The van der Waals surface area contributed by atoms with Crippen molar-refractivity contribution >= 4 is 28.1 Å². The van der Waals surface area contributed by atoms with Gasteiger partial charge in [0, 0.05) is 11.6 Å². The zero-order chi connectivity index (χ0) is 9.35. The fourth-order valence-electron chi connectivity index (χ4n) is 0.761. The van der Waals surface area contributed by atoms with Gasteiger partial charge in [0.05, 0.1) is 4.47 Å². The highest BCUT2D eigenvalue weighted by molar-refractivity contribution is 9.10. The molecule has 0 saturated carbocycles. The summed E-state index contributed by atoms with van der Waals surface area (Å²) in [7, 11) is 0. The summed E-state index contributed by atoms with van der Waals surface area (Å²) in [4.78, 5) is 7.31. The fraction of sp³-hybridized carbons (Fsp3) is 0.500. The Labute approximate surface area is 85.6 Å². The molecule has 0 aliphatic rings. The second-order valence-corrected chi connectivity index (χ2v) is 4.92. The van der Waals surface area contributed by atoms with Gasteiger partial charge in [-0.2, -0.15) is 0 Å². The molecule has 1 N–H and O–H groups in total. The normalized spacial score (nSPS) is 11.7. The van der Waals surface area contributed by atoms with Crippen LogP contribution in [0.25, 0.3) is 0 Å². The van der Waals surface area contributed by atoms with E-state index in [9.17, 15) is 0 Å². The van der Waals surface area contributed by atoms with Crippen molar-refractivity contribution in [2.24, 2.45) is 0 Å². The van der Waals surface area contributed by atoms with E-state index in [1.165, 1.54) is 0 Å². The summed E-state index contributed by atoms with van der Waals surface area (Å²) in [6, 6.07) is 0. The van der Waals surface area contributed by atoms with Crippen LogP contribution in [0, 0.1) is 4.64 Å². The van der Waals surface area contributed by atoms with Crippen LogP contribution in [0.4, 0.5) is 0 Å². The second kappa shape index (κ2) is 3.26. The summed E-state index contributed by atoms with van der Waals surface area (Å²) >= 11 is 8.37. The Hall–Kier alpha value is -0.220. The van der Waals surface area contributed by atoms with Gasteiger partial charge in [-0.05, 0) is 15.9 Å². The lowest BCUT2D eigenvalue weighted by molar-refractivity contribution is 0.543. The molecular weight excluding hydrogens is 236 g/mol. The molecule has 2 nitrogen and oxygen atoms in total. The SMILES string of the molecule is CC(C)(C)c1ncc(Br)c(=S)[nH]1. The topological polar surface area (TPSA) is 28.7 Å². The van der Waals surface area contributed by atoms with Crippen molar-refractivity contribution in [1.29, 1.82) is 0 Å². The number of H-pyrrole nitrogens is 1. The molecule has 66 valence electrons. The number of hydrogen-bond donors (Lipinski definition) is 1. The number of aromatic nitrogens is 2. The van der Waals surface area contributed by atoms with Crippen molar-refractivity contribution in [3.05, 3.63) is 21.1 Å². The van der Waals surface area contributed by atoms with E-state index < -0.39 is 0 Å². The summed E-state index contributed by atoms with van der Waals surface area (Å²) in [5.41, 5.74) is 0.0221. The van der Waals surface area contributed by atoms with Gasteiger partial charge in [-0.15, -0.1) is 0 Å². The van der Waals surface area contributed by atoms with Gasteiger partial charge < -0.3 is 4.98 Å². The molecule has 1 aromatic heterocycles. The maximum Gasteiger partial charge on any atom is 0.120 e. The van der Waals surface area contributed by atoms with Crippen molar-refractivity contribution in [3.8, 4) is 0 Å². The minimum absolute atomic E-state index is 0.0221. The quantitative estimate of drug-likeness (QED) is 0.713. The Morgan fingerprint density at radius 2 is 2.08 bits per heavy atom. The largest absolute Gasteiger partial charge is 0.333 e. The van der Waals surface area contributed by atoms with E-state index in [4.69, 9.17) is 12.2 Å². The van der Waals surface area contributed by atoms with Crippen LogP contribution in [0.1, 0.15) is 26.6 Å². The molecule has 4 heteroatoms. The average molecular weight is 247 g/mol. The first-order valence-electron chi connectivity index (χ1n) is 3.66. The predicted octanol–water partition coefficient (Wildman–Crippen LogP) is 3.20. The number of aromatic amines is 1. The summed E-state index contributed by atoms with van der Waals surface area (Å²) < 4.78 is 1.54. The van der Waals surface area contributed by atoms with Crippen LogP contribution in [0.15, 0.2) is 10.7 Å². The Bertz CT molecular complexity index is 338. The first-order valence-corrected chi connectivity index (χ1v) is 4.86. The van der Waals surface area contributed by atoms with Crippen LogP contribution in [-0.2, 0) is 5.41 Å². The molecule has 1 aromatic rings. The van der Waals surface area contributed by atoms with Crippen molar-refractivity contribution in [2.75, 3.05) is 0 Å². The zero-order valence-electron chi connectivity index (χ0n) is 7.31. The van der Waals surface area contributed by atoms with Gasteiger partial charge >= 0.3 is 0 Å². The van der Waals surface area contributed by atoms with E-state index in [-0.39, 0.29) is 5.41 Å². The van der Waals surface area contributed by atoms with Gasteiger partial charge in [0.1, 0.15) is 10.5 Å². The number of halogens is 1. The van der Waals surface area contributed by atoms with Crippen LogP contribution in [0.2, 0.25) is 0 Å². The second-order valence-electron chi connectivity index (χ2n) is 3.66. The minimum atomic E-state index is 0.0221. The average Bonchev–Trinajstić information content (AvgIpc) is 1.92. The highest BCUT2D eigenvalue weighted by Gasteiger charge is 2.15. The molecule has 0 amide bonds. The summed E-state index contributed by atoms with van der Waals surface area (Å²) in [5.74, 6) is 0.913. The van der Waals surface area contributed by atoms with Crippen LogP contribution in [-0.4, -0.2) is 9.97 Å². The first-order chi connectivity index (χ1) is 5.41. The third-order valence-electron chi connectivity index (χ3n) is 1.47. The molecule has 12 heavy (non-hydrogen) atoms. The molecule has 0 aromatic carbocycles. The molecule has 0 bridgehead atoms. The molecule has 0 unspecified atom stereocenters. The van der Waals surface area contributed by atoms with Gasteiger partial charge in [-0.3, -0.25) is 0 Å². The van der Waals surface area contributed by atoms with Gasteiger partial charge in [-0.1, -0.05) is 33.0 Å². The highest BCUT2D eigenvalue weighted by Crippen LogP contribution is 2.19. The first kappa shape index (κ1) is 9.86. The maximum absolute atomic E-state index is 5.07. The van der Waals surface area contributed by atoms with Crippen molar-refractivity contribution in [2.45, 2.75) is 26.2 Å². The van der Waals surface area contributed by atoms with Gasteiger partial charge in [0.2, 0.25) is 0 Å². The molecule has 0 aliphatic heterocycles. The fourth-order valence-corrected chi connectivity index (χ4v) is 1.11. The van der Waals surface area contributed by atoms with E-state index in [1.807, 2.05) is 0 Å². The van der Waals surface area contributed by atoms with E-state index in [2.05, 4.69) is 46.7 Å². The Balaban J connectivity index is 3.23. The maximum atomic E-state index is 5.07. The Kier molecular flexibility index (Phi) is 2.68. The number of nitrogens with one attached hydrogen (secondary N) is 1. The monoisotopic (exact) mass is 246 g/mol. The van der Waals surface area contributed by atoms with Crippen molar-refractivity contribution in [1.82, 2.24) is 9.97 Å². The van der Waals surface area contributed by atoms with Crippen LogP contribution >= 0.6 is 28.1 Å². The number of rotatable bonds is 0. The molecule has 0 spiro atoms. The van der Waals surface area contributed by atoms with Gasteiger partial charge in [0.25, 0.3) is 0 Å². The third kappa shape index (κ3) is 2.14. The molecule has 1 heterocycles. The minimum Gasteiger partial charge on any atom is -0.333 e. The van der Waals surface area contributed by atoms with Crippen LogP contribution in [0.3, 0.4) is 0 Å². The van der Waals surface area contributed by atoms with Gasteiger partial charge in [-0.25, -0.2) is 4.98 Å². The molecule has 0 radical (unpaired) electrons. The standard InChI is InChI=1S/C8H11BrN2S/c1-8(2,3)7-10-4-5(9)6(12)11-7/h4H,1-3H3,(H,10,11,12). The van der Waals surface area contributed by atoms with E-state index in [0.717, 1.165) is 10.3 Å². The van der Waals surface area contributed by atoms with Crippen LogP contribution in [0.5, 0.6) is 0 Å². The lowest BCUT2D eigenvalue weighted by Gasteiger charge is -2.16. The molecule has 1 rings (SSSR count). The lowest BCUT2D eigenvalue weighted by atomic mass is 9.96. The van der Waals surface area contributed by atoms with E-state index in [1.54, 1.807) is 6.20 Å². The summed E-state index contributed by atoms with van der Waals surface area (Å²) in [6.45, 7) is 6.28. The molecular formula is C8H11BrN2S. The third-order valence-corrected chi connectivity index (χ3v) is 2.65. The predicted molar refractivity (Wildman–Crippen MR) is 55.8 cm³/mol. The van der Waals surface area contributed by atoms with Crippen LogP contribution < -0.4 is 0 Å². The number of nitrogens with zero attached hydrogens (tertiary/aromatic N) is 1. The van der Waals surface area contributed by atoms with Crippen molar-refractivity contribution < 1.29 is 0 Å². The van der Waals surface area contributed by atoms with E-state index in [0.29, 0.717) is 4.64 Å². The number of hydrogen-bond acceptors (Lipinski definition) is 2. The summed E-state index contributed by atoms with van der Waals surface area (Å²) in [5, 5.41) is 0. The molecule has 0 aliphatic carbocycles. The molecule has 0 atom stereocenters. The Morgan fingerprint density at radius 3 is 2.50 bits per heavy atom. The zero-order valence-corrected chi connectivity index (χ0v) is 9.71. The molecule has 0 fully saturated rings. The Morgan fingerprint density at radius 1 is 1.50 bits per heavy atom. The van der Waals surface area contributed by atoms with Crippen molar-refractivity contribution in [3.63, 3.8) is 0 Å². The highest BCUT2D eigenvalue weighted by atomic mass is 79.9. The summed E-state index contributed by atoms with van der Waals surface area (Å²) in [6.07, 6.45) is 1.74. The molecule has 0 saturated heterocycles. The van der Waals surface area contributed by atoms with Gasteiger partial charge in [0.15, 0.2) is 0 Å². The lowest BCUT2D eigenvalue weighted by Crippen LogP contribution is -2.15. The smallest absolute Gasteiger partial charge is 0.120 e.